The van der Waals surface area contributed by atoms with Crippen LogP contribution in [0, 0.1) is 12.7 Å². The fraction of sp³-hybridized carbons (Fsp3) is 0.316. The molecule has 0 spiro atoms. The molecule has 0 amide bonds. The Morgan fingerprint density at radius 3 is 2.44 bits per heavy atom. The summed E-state index contributed by atoms with van der Waals surface area (Å²) in [4.78, 5) is 4.27. The van der Waals surface area contributed by atoms with Crippen molar-refractivity contribution in [3.8, 4) is 0 Å². The van der Waals surface area contributed by atoms with Gasteiger partial charge in [-0.1, -0.05) is 24.3 Å². The zero-order chi connectivity index (χ0) is 20.0. The van der Waals surface area contributed by atoms with E-state index in [-0.39, 0.29) is 16.8 Å². The van der Waals surface area contributed by atoms with Gasteiger partial charge in [0.15, 0.2) is 5.96 Å². The van der Waals surface area contributed by atoms with Crippen molar-refractivity contribution in [2.75, 3.05) is 13.6 Å². The maximum absolute atomic E-state index is 13.7. The minimum absolute atomic E-state index is 0.0934. The molecule has 0 saturated carbocycles. The first-order valence-electron chi connectivity index (χ1n) is 8.55. The number of aliphatic imine (C=N–C) groups is 1. The normalized spacial score (nSPS) is 13.3. The summed E-state index contributed by atoms with van der Waals surface area (Å²) in [5.41, 5.74) is 2.42. The number of nitrogens with two attached hydrogens (primary N) is 1. The zero-order valence-electron chi connectivity index (χ0n) is 15.7. The number of nitrogens with one attached hydrogen (secondary N) is 2. The van der Waals surface area contributed by atoms with Crippen molar-refractivity contribution in [2.45, 2.75) is 31.2 Å². The summed E-state index contributed by atoms with van der Waals surface area (Å²) in [5, 5.41) is 11.5. The maximum Gasteiger partial charge on any atom is 0.238 e. The lowest BCUT2D eigenvalue weighted by Gasteiger charge is -2.18. The fourth-order valence-corrected chi connectivity index (χ4v) is 3.05. The van der Waals surface area contributed by atoms with Gasteiger partial charge in [0, 0.05) is 13.6 Å². The van der Waals surface area contributed by atoms with Gasteiger partial charge < -0.3 is 10.6 Å². The molecule has 8 heteroatoms. The van der Waals surface area contributed by atoms with Crippen molar-refractivity contribution in [1.29, 1.82) is 0 Å². The second kappa shape index (κ2) is 8.96. The minimum Gasteiger partial charge on any atom is -0.356 e. The number of hydrogen-bond acceptors (Lipinski definition) is 3. The summed E-state index contributed by atoms with van der Waals surface area (Å²) in [6, 6.07) is 11.5. The predicted octanol–water partition coefficient (Wildman–Crippen LogP) is 2.25. The van der Waals surface area contributed by atoms with E-state index in [9.17, 15) is 12.8 Å². The highest BCUT2D eigenvalue weighted by atomic mass is 32.2. The standard InChI is InChI=1S/C19H25FN4O2S/c1-13-4-7-16(12-18(13)20)14(2)24-19(22-3)23-11-10-15-5-8-17(9-6-15)27(21,25)26/h4-9,12,14H,10-11H2,1-3H3,(H2,21,25,26)(H2,22,23,24). The third kappa shape index (κ3) is 6.04. The number of aryl methyl sites for hydroxylation is 1. The van der Waals surface area contributed by atoms with Gasteiger partial charge in [-0.15, -0.1) is 0 Å². The van der Waals surface area contributed by atoms with Crippen molar-refractivity contribution >= 4 is 16.0 Å². The van der Waals surface area contributed by atoms with Gasteiger partial charge in [-0.05, 0) is 55.2 Å². The van der Waals surface area contributed by atoms with Crippen molar-refractivity contribution in [3.63, 3.8) is 0 Å². The van der Waals surface area contributed by atoms with Gasteiger partial charge in [-0.3, -0.25) is 4.99 Å². The highest BCUT2D eigenvalue weighted by Gasteiger charge is 2.10. The second-order valence-electron chi connectivity index (χ2n) is 6.31. The molecular weight excluding hydrogens is 367 g/mol. The van der Waals surface area contributed by atoms with Gasteiger partial charge in [0.1, 0.15) is 5.82 Å². The molecule has 4 N–H and O–H groups in total. The first-order chi connectivity index (χ1) is 12.7. The molecule has 0 aliphatic rings. The Hall–Kier alpha value is -2.45. The lowest BCUT2D eigenvalue weighted by atomic mass is 10.1. The Morgan fingerprint density at radius 1 is 1.22 bits per heavy atom. The van der Waals surface area contributed by atoms with Crippen molar-refractivity contribution < 1.29 is 12.8 Å². The molecular formula is C19H25FN4O2S. The number of benzene rings is 2. The Bertz CT molecular complexity index is 912. The van der Waals surface area contributed by atoms with Gasteiger partial charge in [0.25, 0.3) is 0 Å². The molecule has 1 unspecified atom stereocenters. The molecule has 2 aromatic rings. The van der Waals surface area contributed by atoms with Crippen LogP contribution in [0.5, 0.6) is 0 Å². The van der Waals surface area contributed by atoms with Crippen molar-refractivity contribution in [3.05, 3.63) is 65.0 Å². The van der Waals surface area contributed by atoms with Crippen LogP contribution < -0.4 is 15.8 Å². The number of hydrogen-bond donors (Lipinski definition) is 3. The third-order valence-corrected chi connectivity index (χ3v) is 5.16. The molecule has 1 atom stereocenters. The monoisotopic (exact) mass is 392 g/mol. The molecule has 0 bridgehead atoms. The van der Waals surface area contributed by atoms with E-state index < -0.39 is 10.0 Å². The number of rotatable bonds is 6. The molecule has 0 aliphatic carbocycles. The highest BCUT2D eigenvalue weighted by molar-refractivity contribution is 7.89. The zero-order valence-corrected chi connectivity index (χ0v) is 16.5. The van der Waals surface area contributed by atoms with Crippen LogP contribution in [0.3, 0.4) is 0 Å². The summed E-state index contributed by atoms with van der Waals surface area (Å²) >= 11 is 0. The molecule has 0 aromatic heterocycles. The van der Waals surface area contributed by atoms with E-state index in [1.165, 1.54) is 18.2 Å². The van der Waals surface area contributed by atoms with Crippen LogP contribution >= 0.6 is 0 Å². The van der Waals surface area contributed by atoms with Crippen LogP contribution in [0.2, 0.25) is 0 Å². The Balaban J connectivity index is 1.89. The molecule has 0 radical (unpaired) electrons. The van der Waals surface area contributed by atoms with Gasteiger partial charge in [-0.25, -0.2) is 17.9 Å². The topological polar surface area (TPSA) is 96.6 Å². The van der Waals surface area contributed by atoms with E-state index in [1.807, 2.05) is 13.0 Å². The first-order valence-corrected chi connectivity index (χ1v) is 10.1. The SMILES string of the molecule is CN=C(NCCc1ccc(S(N)(=O)=O)cc1)NC(C)c1ccc(C)c(F)c1. The summed E-state index contributed by atoms with van der Waals surface area (Å²) in [7, 11) is -2.01. The van der Waals surface area contributed by atoms with Crippen molar-refractivity contribution in [2.24, 2.45) is 10.1 Å². The molecule has 0 fully saturated rings. The van der Waals surface area contributed by atoms with E-state index in [0.717, 1.165) is 11.1 Å². The van der Waals surface area contributed by atoms with E-state index in [1.54, 1.807) is 32.2 Å². The molecule has 0 aliphatic heterocycles. The Kier molecular flexibility index (Phi) is 6.92. The van der Waals surface area contributed by atoms with E-state index >= 15 is 0 Å². The van der Waals surface area contributed by atoms with Gasteiger partial charge in [-0.2, -0.15) is 0 Å². The highest BCUT2D eigenvalue weighted by Crippen LogP contribution is 2.16. The number of halogens is 1. The number of sulfonamides is 1. The molecule has 0 heterocycles. The average Bonchev–Trinajstić information content (AvgIpc) is 2.62. The Labute approximate surface area is 159 Å². The van der Waals surface area contributed by atoms with E-state index in [2.05, 4.69) is 15.6 Å². The minimum atomic E-state index is -3.67. The number of nitrogens with zero attached hydrogens (tertiary/aromatic N) is 1. The molecule has 6 nitrogen and oxygen atoms in total. The first kappa shape index (κ1) is 20.9. The number of guanidine groups is 1. The Morgan fingerprint density at radius 2 is 1.89 bits per heavy atom. The second-order valence-corrected chi connectivity index (χ2v) is 7.87. The number of primary sulfonamides is 1. The van der Waals surface area contributed by atoms with E-state index in [4.69, 9.17) is 5.14 Å². The molecule has 146 valence electrons. The van der Waals surface area contributed by atoms with Crippen LogP contribution in [0.25, 0.3) is 0 Å². The molecule has 2 rings (SSSR count). The van der Waals surface area contributed by atoms with Crippen LogP contribution in [0.15, 0.2) is 52.4 Å². The average molecular weight is 393 g/mol. The summed E-state index contributed by atoms with van der Waals surface area (Å²) in [6.45, 7) is 4.26. The largest absolute Gasteiger partial charge is 0.356 e. The summed E-state index contributed by atoms with van der Waals surface area (Å²) in [5.74, 6) is 0.372. The van der Waals surface area contributed by atoms with E-state index in [0.29, 0.717) is 24.5 Å². The molecule has 0 saturated heterocycles. The lowest BCUT2D eigenvalue weighted by Crippen LogP contribution is -2.39. The summed E-state index contributed by atoms with van der Waals surface area (Å²) in [6.07, 6.45) is 0.680. The maximum atomic E-state index is 13.7. The third-order valence-electron chi connectivity index (χ3n) is 4.23. The van der Waals surface area contributed by atoms with Crippen LogP contribution in [0.1, 0.15) is 29.7 Å². The van der Waals surface area contributed by atoms with Crippen LogP contribution in [-0.2, 0) is 16.4 Å². The quantitative estimate of drug-likeness (QED) is 0.519. The molecule has 27 heavy (non-hydrogen) atoms. The summed E-state index contributed by atoms with van der Waals surface area (Å²) < 4.78 is 36.3. The van der Waals surface area contributed by atoms with Gasteiger partial charge in [0.05, 0.1) is 10.9 Å². The fourth-order valence-electron chi connectivity index (χ4n) is 2.53. The van der Waals surface area contributed by atoms with Gasteiger partial charge in [0.2, 0.25) is 10.0 Å². The smallest absolute Gasteiger partial charge is 0.238 e. The lowest BCUT2D eigenvalue weighted by molar-refractivity contribution is 0.597. The predicted molar refractivity (Wildman–Crippen MR) is 106 cm³/mol. The van der Waals surface area contributed by atoms with Crippen LogP contribution in [0.4, 0.5) is 4.39 Å². The van der Waals surface area contributed by atoms with Crippen molar-refractivity contribution in [1.82, 2.24) is 10.6 Å². The van der Waals surface area contributed by atoms with Crippen LogP contribution in [-0.4, -0.2) is 28.0 Å². The van der Waals surface area contributed by atoms with Gasteiger partial charge >= 0.3 is 0 Å². The molecule has 2 aromatic carbocycles.